The van der Waals surface area contributed by atoms with Crippen molar-refractivity contribution in [2.24, 2.45) is 0 Å². The first-order chi connectivity index (χ1) is 8.28. The molecule has 1 rings (SSSR count). The quantitative estimate of drug-likeness (QED) is 0.846. The smallest absolute Gasteiger partial charge is 0.159 e. The van der Waals surface area contributed by atoms with Crippen molar-refractivity contribution in [2.45, 2.75) is 45.8 Å². The van der Waals surface area contributed by atoms with E-state index in [-0.39, 0.29) is 11.6 Å². The molecule has 0 aliphatic rings. The number of benzene rings is 1. The highest BCUT2D eigenvalue weighted by atomic mass is 19.2. The molecule has 2 nitrogen and oxygen atoms in total. The molecule has 0 bridgehead atoms. The van der Waals surface area contributed by atoms with Gasteiger partial charge in [-0.3, -0.25) is 0 Å². The van der Waals surface area contributed by atoms with E-state index in [1.54, 1.807) is 6.07 Å². The molecule has 2 N–H and O–H groups in total. The molecule has 1 unspecified atom stereocenters. The van der Waals surface area contributed by atoms with Crippen molar-refractivity contribution in [3.8, 4) is 0 Å². The lowest BCUT2D eigenvalue weighted by Gasteiger charge is -2.24. The maximum Gasteiger partial charge on any atom is 0.159 e. The third-order valence-corrected chi connectivity index (χ3v) is 2.58. The van der Waals surface area contributed by atoms with Crippen LogP contribution in [0.15, 0.2) is 18.2 Å². The van der Waals surface area contributed by atoms with E-state index >= 15 is 0 Å². The van der Waals surface area contributed by atoms with Gasteiger partial charge in [0.05, 0.1) is 0 Å². The minimum absolute atomic E-state index is 0.0813. The van der Waals surface area contributed by atoms with Crippen molar-refractivity contribution in [1.29, 1.82) is 0 Å². The molecule has 1 aromatic carbocycles. The van der Waals surface area contributed by atoms with Gasteiger partial charge in [-0.25, -0.2) is 8.78 Å². The van der Waals surface area contributed by atoms with Gasteiger partial charge in [-0.2, -0.15) is 0 Å². The van der Waals surface area contributed by atoms with Gasteiger partial charge in [0, 0.05) is 24.7 Å². The lowest BCUT2D eigenvalue weighted by Crippen LogP contribution is -2.44. The van der Waals surface area contributed by atoms with Crippen LogP contribution in [-0.4, -0.2) is 18.1 Å². The van der Waals surface area contributed by atoms with Crippen LogP contribution in [0, 0.1) is 11.6 Å². The molecular formula is C14H22F2N2. The number of hydrogen-bond acceptors (Lipinski definition) is 2. The largest absolute Gasteiger partial charge is 0.311 e. The molecule has 0 spiro atoms. The van der Waals surface area contributed by atoms with Gasteiger partial charge in [-0.15, -0.1) is 0 Å². The average molecular weight is 256 g/mol. The van der Waals surface area contributed by atoms with E-state index in [1.165, 1.54) is 6.07 Å². The van der Waals surface area contributed by atoms with E-state index in [1.807, 2.05) is 0 Å². The number of nitrogens with one attached hydrogen (secondary N) is 2. The molecule has 0 fully saturated rings. The van der Waals surface area contributed by atoms with Crippen molar-refractivity contribution >= 4 is 0 Å². The number of rotatable bonds is 5. The summed E-state index contributed by atoms with van der Waals surface area (Å²) in [5, 5.41) is 6.65. The second-order valence-electron chi connectivity index (χ2n) is 5.66. The summed E-state index contributed by atoms with van der Waals surface area (Å²) in [5.74, 6) is -1.60. The van der Waals surface area contributed by atoms with E-state index in [9.17, 15) is 8.78 Å². The van der Waals surface area contributed by atoms with Gasteiger partial charge in [0.15, 0.2) is 11.6 Å². The second kappa shape index (κ2) is 6.25. The average Bonchev–Trinajstić information content (AvgIpc) is 2.27. The fraction of sp³-hybridized carbons (Fsp3) is 0.571. The summed E-state index contributed by atoms with van der Waals surface area (Å²) in [6, 6.07) is 4.24. The summed E-state index contributed by atoms with van der Waals surface area (Å²) >= 11 is 0. The minimum Gasteiger partial charge on any atom is -0.311 e. The summed E-state index contributed by atoms with van der Waals surface area (Å²) in [7, 11) is 0. The molecule has 0 aliphatic heterocycles. The topological polar surface area (TPSA) is 24.1 Å². The van der Waals surface area contributed by atoms with E-state index in [0.29, 0.717) is 6.54 Å². The van der Waals surface area contributed by atoms with E-state index in [0.717, 1.165) is 18.2 Å². The van der Waals surface area contributed by atoms with Crippen LogP contribution in [0.1, 0.15) is 33.3 Å². The van der Waals surface area contributed by atoms with Crippen LogP contribution in [0.5, 0.6) is 0 Å². The van der Waals surface area contributed by atoms with Crippen molar-refractivity contribution in [3.63, 3.8) is 0 Å². The Kier molecular flexibility index (Phi) is 5.23. The van der Waals surface area contributed by atoms with E-state index < -0.39 is 11.6 Å². The third-order valence-electron chi connectivity index (χ3n) is 2.58. The van der Waals surface area contributed by atoms with Gasteiger partial charge in [0.1, 0.15) is 0 Å². The monoisotopic (exact) mass is 256 g/mol. The molecule has 0 heterocycles. The van der Waals surface area contributed by atoms with Crippen LogP contribution >= 0.6 is 0 Å². The van der Waals surface area contributed by atoms with Gasteiger partial charge in [-0.05, 0) is 45.4 Å². The molecule has 0 saturated carbocycles. The van der Waals surface area contributed by atoms with Gasteiger partial charge in [0.2, 0.25) is 0 Å². The molecule has 4 heteroatoms. The SMILES string of the molecule is CC(CNC(C)(C)C)NCc1ccc(F)c(F)c1. The lowest BCUT2D eigenvalue weighted by atomic mass is 10.1. The zero-order valence-electron chi connectivity index (χ0n) is 11.5. The fourth-order valence-corrected chi connectivity index (χ4v) is 1.47. The summed E-state index contributed by atoms with van der Waals surface area (Å²) in [6.07, 6.45) is 0. The predicted molar refractivity (Wildman–Crippen MR) is 70.4 cm³/mol. The Bertz CT molecular complexity index is 386. The van der Waals surface area contributed by atoms with E-state index in [4.69, 9.17) is 0 Å². The maximum atomic E-state index is 13.0. The Morgan fingerprint density at radius 2 is 1.83 bits per heavy atom. The van der Waals surface area contributed by atoms with Crippen molar-refractivity contribution in [1.82, 2.24) is 10.6 Å². The van der Waals surface area contributed by atoms with Gasteiger partial charge < -0.3 is 10.6 Å². The zero-order valence-corrected chi connectivity index (χ0v) is 11.5. The molecule has 102 valence electrons. The first-order valence-electron chi connectivity index (χ1n) is 6.20. The van der Waals surface area contributed by atoms with Crippen LogP contribution in [0.2, 0.25) is 0 Å². The lowest BCUT2D eigenvalue weighted by molar-refractivity contribution is 0.387. The van der Waals surface area contributed by atoms with Crippen LogP contribution in [0.3, 0.4) is 0 Å². The molecule has 18 heavy (non-hydrogen) atoms. The van der Waals surface area contributed by atoms with Crippen molar-refractivity contribution < 1.29 is 8.78 Å². The first kappa shape index (κ1) is 15.1. The summed E-state index contributed by atoms with van der Waals surface area (Å²) < 4.78 is 25.7. The third kappa shape index (κ3) is 5.56. The van der Waals surface area contributed by atoms with Crippen LogP contribution in [0.25, 0.3) is 0 Å². The standard InChI is InChI=1S/C14H22F2N2/c1-10(8-18-14(2,3)4)17-9-11-5-6-12(15)13(16)7-11/h5-7,10,17-18H,8-9H2,1-4H3. The highest BCUT2D eigenvalue weighted by Crippen LogP contribution is 2.08. The Labute approximate surface area is 108 Å². The Morgan fingerprint density at radius 3 is 2.39 bits per heavy atom. The zero-order chi connectivity index (χ0) is 13.8. The molecule has 0 aromatic heterocycles. The summed E-state index contributed by atoms with van der Waals surface area (Å²) in [6.45, 7) is 9.73. The van der Waals surface area contributed by atoms with Gasteiger partial charge >= 0.3 is 0 Å². The van der Waals surface area contributed by atoms with Crippen LogP contribution in [0.4, 0.5) is 8.78 Å². The van der Waals surface area contributed by atoms with E-state index in [2.05, 4.69) is 38.3 Å². The maximum absolute atomic E-state index is 13.0. The first-order valence-corrected chi connectivity index (χ1v) is 6.20. The fourth-order valence-electron chi connectivity index (χ4n) is 1.47. The van der Waals surface area contributed by atoms with Crippen molar-refractivity contribution in [3.05, 3.63) is 35.4 Å². The molecular weight excluding hydrogens is 234 g/mol. The Morgan fingerprint density at radius 1 is 1.17 bits per heavy atom. The number of halogens is 2. The summed E-state index contributed by atoms with van der Waals surface area (Å²) in [5.41, 5.74) is 0.828. The Balaban J connectivity index is 2.38. The summed E-state index contributed by atoms with van der Waals surface area (Å²) in [4.78, 5) is 0. The van der Waals surface area contributed by atoms with Crippen LogP contribution in [-0.2, 0) is 6.54 Å². The second-order valence-corrected chi connectivity index (χ2v) is 5.66. The number of hydrogen-bond donors (Lipinski definition) is 2. The molecule has 1 aromatic rings. The van der Waals surface area contributed by atoms with Gasteiger partial charge in [-0.1, -0.05) is 6.07 Å². The normalized spacial score (nSPS) is 13.7. The highest BCUT2D eigenvalue weighted by Gasteiger charge is 2.11. The molecule has 0 aliphatic carbocycles. The minimum atomic E-state index is -0.804. The molecule has 1 atom stereocenters. The van der Waals surface area contributed by atoms with Crippen molar-refractivity contribution in [2.75, 3.05) is 6.54 Å². The molecule has 0 radical (unpaired) electrons. The van der Waals surface area contributed by atoms with Gasteiger partial charge in [0.25, 0.3) is 0 Å². The highest BCUT2D eigenvalue weighted by molar-refractivity contribution is 5.17. The molecule has 0 saturated heterocycles. The molecule has 0 amide bonds. The predicted octanol–water partition coefficient (Wildman–Crippen LogP) is 2.83. The Hall–Kier alpha value is -1.00. The van der Waals surface area contributed by atoms with Crippen LogP contribution < -0.4 is 10.6 Å².